The van der Waals surface area contributed by atoms with Gasteiger partial charge in [0.1, 0.15) is 0 Å². The van der Waals surface area contributed by atoms with E-state index in [1.807, 2.05) is 0 Å². The Morgan fingerprint density at radius 1 is 0.618 bits per heavy atom. The lowest BCUT2D eigenvalue weighted by atomic mass is 9.63. The number of hydrogen-bond donors (Lipinski definition) is 4. The van der Waals surface area contributed by atoms with Crippen LogP contribution in [0, 0.1) is 0 Å². The van der Waals surface area contributed by atoms with Gasteiger partial charge in [-0.25, -0.2) is 0 Å². The number of aliphatic hydroxyl groups is 4. The molecule has 0 spiro atoms. The van der Waals surface area contributed by atoms with Crippen LogP contribution in [-0.4, -0.2) is 67.5 Å². The molecule has 0 saturated heterocycles. The lowest BCUT2D eigenvalue weighted by molar-refractivity contribution is -0.188. The number of carbonyl (C=O) groups excluding carboxylic acids is 4. The van der Waals surface area contributed by atoms with E-state index < -0.39 is 47.0 Å². The maximum atomic E-state index is 13.6. The summed E-state index contributed by atoms with van der Waals surface area (Å²) in [5.41, 5.74) is -11.9. The van der Waals surface area contributed by atoms with Crippen molar-refractivity contribution in [2.75, 3.05) is 6.61 Å². The van der Waals surface area contributed by atoms with E-state index in [0.717, 1.165) is 0 Å². The predicted octanol–water partition coefficient (Wildman–Crippen LogP) is 1.02. The minimum absolute atomic E-state index is 0.251. The fraction of sp³-hybridized carbons (Fsp3) is 0.154. The molecule has 0 aliphatic rings. The number of ketones is 3. The van der Waals surface area contributed by atoms with Crippen LogP contribution in [0.2, 0.25) is 0 Å². The molecule has 0 aliphatic carbocycles. The lowest BCUT2D eigenvalue weighted by Crippen LogP contribution is -2.78. The first kappa shape index (κ1) is 24.8. The summed E-state index contributed by atoms with van der Waals surface area (Å²) < 4.78 is 0. The van der Waals surface area contributed by atoms with Crippen molar-refractivity contribution in [3.63, 3.8) is 0 Å². The molecule has 3 aromatic carbocycles. The Kier molecular flexibility index (Phi) is 6.99. The first-order chi connectivity index (χ1) is 16.2. The highest BCUT2D eigenvalue weighted by Gasteiger charge is 2.72. The molecule has 0 saturated carbocycles. The summed E-state index contributed by atoms with van der Waals surface area (Å²) in [4.78, 5) is 52.5. The molecular weight excluding hydrogens is 440 g/mol. The summed E-state index contributed by atoms with van der Waals surface area (Å²) in [7, 11) is 0. The predicted molar refractivity (Wildman–Crippen MR) is 120 cm³/mol. The normalized spacial score (nSPS) is 16.4. The minimum Gasteiger partial charge on any atom is -0.393 e. The van der Waals surface area contributed by atoms with Gasteiger partial charge < -0.3 is 20.4 Å². The van der Waals surface area contributed by atoms with E-state index in [-0.39, 0.29) is 16.7 Å². The second-order valence-corrected chi connectivity index (χ2v) is 7.70. The van der Waals surface area contributed by atoms with Gasteiger partial charge in [0.2, 0.25) is 22.8 Å². The maximum absolute atomic E-state index is 13.6. The summed E-state index contributed by atoms with van der Waals surface area (Å²) in [6, 6.07) is 20.3. The van der Waals surface area contributed by atoms with Crippen molar-refractivity contribution in [3.05, 3.63) is 108 Å². The first-order valence-corrected chi connectivity index (χ1v) is 10.2. The van der Waals surface area contributed by atoms with Crippen LogP contribution in [0.4, 0.5) is 0 Å². The van der Waals surface area contributed by atoms with Crippen molar-refractivity contribution in [3.8, 4) is 0 Å². The molecule has 0 radical (unpaired) electrons. The molecule has 34 heavy (non-hydrogen) atoms. The van der Waals surface area contributed by atoms with E-state index in [4.69, 9.17) is 0 Å². The van der Waals surface area contributed by atoms with Gasteiger partial charge in [0.25, 0.3) is 0 Å². The standard InChI is InChI=1S/C26H22O8/c27-16-24(32,21(29)18-10-4-1-5-11-18)26(34,23(31)20-14-8-3-9-15-20)25(33,17-28)22(30)19-12-6-2-7-13-19/h1-16,28,32-34H,17H2/t24-,25+,26+/m0/s1. The summed E-state index contributed by atoms with van der Waals surface area (Å²) in [6.45, 7) is -1.60. The van der Waals surface area contributed by atoms with Gasteiger partial charge in [-0.2, -0.15) is 0 Å². The fourth-order valence-electron chi connectivity index (χ4n) is 3.77. The Bertz CT molecular complexity index is 1200. The number of hydrogen-bond acceptors (Lipinski definition) is 8. The van der Waals surface area contributed by atoms with E-state index >= 15 is 0 Å². The number of rotatable bonds is 10. The highest BCUT2D eigenvalue weighted by Crippen LogP contribution is 2.39. The summed E-state index contributed by atoms with van der Waals surface area (Å²) in [5, 5.41) is 44.6. The van der Waals surface area contributed by atoms with E-state index in [0.29, 0.717) is 0 Å². The van der Waals surface area contributed by atoms with Gasteiger partial charge in [-0.1, -0.05) is 91.0 Å². The molecule has 3 rings (SSSR count). The Morgan fingerprint density at radius 2 is 0.971 bits per heavy atom. The largest absolute Gasteiger partial charge is 0.393 e. The smallest absolute Gasteiger partial charge is 0.222 e. The van der Waals surface area contributed by atoms with Gasteiger partial charge in [0.15, 0.2) is 17.7 Å². The molecule has 8 heteroatoms. The quantitative estimate of drug-likeness (QED) is 0.198. The van der Waals surface area contributed by atoms with E-state index in [2.05, 4.69) is 0 Å². The Hall–Kier alpha value is -3.82. The van der Waals surface area contributed by atoms with Crippen molar-refractivity contribution < 1.29 is 39.6 Å². The zero-order valence-corrected chi connectivity index (χ0v) is 17.9. The second kappa shape index (κ2) is 9.58. The van der Waals surface area contributed by atoms with Gasteiger partial charge in [-0.05, 0) is 0 Å². The van der Waals surface area contributed by atoms with Crippen LogP contribution in [0.15, 0.2) is 91.0 Å². The number of Topliss-reactive ketones (excluding diaryl/α,β-unsaturated/α-hetero) is 3. The molecule has 3 aromatic rings. The van der Waals surface area contributed by atoms with Crippen LogP contribution in [-0.2, 0) is 4.79 Å². The topological polar surface area (TPSA) is 149 Å². The van der Waals surface area contributed by atoms with Crippen LogP contribution in [0.5, 0.6) is 0 Å². The average molecular weight is 462 g/mol. The van der Waals surface area contributed by atoms with E-state index in [9.17, 15) is 39.6 Å². The number of aldehydes is 1. The van der Waals surface area contributed by atoms with E-state index in [1.165, 1.54) is 78.9 Å². The number of benzene rings is 3. The third-order valence-corrected chi connectivity index (χ3v) is 5.71. The van der Waals surface area contributed by atoms with Crippen molar-refractivity contribution in [2.45, 2.75) is 16.8 Å². The summed E-state index contributed by atoms with van der Waals surface area (Å²) in [6.07, 6.45) is -0.415. The van der Waals surface area contributed by atoms with Crippen molar-refractivity contribution in [2.24, 2.45) is 0 Å². The molecule has 0 aromatic heterocycles. The Morgan fingerprint density at radius 3 is 1.32 bits per heavy atom. The molecule has 0 fully saturated rings. The van der Waals surface area contributed by atoms with Crippen LogP contribution in [0.1, 0.15) is 31.1 Å². The van der Waals surface area contributed by atoms with Crippen molar-refractivity contribution in [1.29, 1.82) is 0 Å². The van der Waals surface area contributed by atoms with Crippen molar-refractivity contribution in [1.82, 2.24) is 0 Å². The van der Waals surface area contributed by atoms with E-state index in [1.54, 1.807) is 12.1 Å². The zero-order valence-electron chi connectivity index (χ0n) is 17.9. The molecular formula is C26H22O8. The maximum Gasteiger partial charge on any atom is 0.222 e. The highest BCUT2D eigenvalue weighted by molar-refractivity contribution is 6.22. The SMILES string of the molecule is O=C[C@](O)(C(=O)c1ccccc1)[C@](O)(C(=O)c1ccccc1)[C@@](O)(CO)C(=O)c1ccccc1. The summed E-state index contributed by atoms with van der Waals surface area (Å²) in [5.74, 6) is -4.36. The third kappa shape index (κ3) is 3.78. The monoisotopic (exact) mass is 462 g/mol. The molecule has 0 aliphatic heterocycles. The van der Waals surface area contributed by atoms with Gasteiger partial charge in [-0.3, -0.25) is 19.2 Å². The van der Waals surface area contributed by atoms with Gasteiger partial charge in [-0.15, -0.1) is 0 Å². The second-order valence-electron chi connectivity index (χ2n) is 7.70. The Balaban J connectivity index is 2.33. The minimum atomic E-state index is -3.82. The van der Waals surface area contributed by atoms with Crippen LogP contribution < -0.4 is 0 Å². The molecule has 0 heterocycles. The highest BCUT2D eigenvalue weighted by atomic mass is 16.4. The van der Waals surface area contributed by atoms with Crippen LogP contribution in [0.25, 0.3) is 0 Å². The van der Waals surface area contributed by atoms with Gasteiger partial charge >= 0.3 is 0 Å². The Labute approximate surface area is 194 Å². The molecule has 0 unspecified atom stereocenters. The first-order valence-electron chi connectivity index (χ1n) is 10.2. The average Bonchev–Trinajstić information content (AvgIpc) is 2.91. The van der Waals surface area contributed by atoms with Crippen LogP contribution in [0.3, 0.4) is 0 Å². The fourth-order valence-corrected chi connectivity index (χ4v) is 3.77. The zero-order chi connectivity index (χ0) is 25.0. The molecule has 4 N–H and O–H groups in total. The van der Waals surface area contributed by atoms with Crippen molar-refractivity contribution >= 4 is 23.6 Å². The van der Waals surface area contributed by atoms with Gasteiger partial charge in [0, 0.05) is 16.7 Å². The van der Waals surface area contributed by atoms with Gasteiger partial charge in [0.05, 0.1) is 6.61 Å². The number of aliphatic hydroxyl groups excluding tert-OH is 1. The third-order valence-electron chi connectivity index (χ3n) is 5.71. The molecule has 3 atom stereocenters. The molecule has 8 nitrogen and oxygen atoms in total. The molecule has 0 bridgehead atoms. The number of carbonyl (C=O) groups is 4. The molecule has 174 valence electrons. The summed E-state index contributed by atoms with van der Waals surface area (Å²) >= 11 is 0. The van der Waals surface area contributed by atoms with Crippen LogP contribution >= 0.6 is 0 Å². The molecule has 0 amide bonds. The lowest BCUT2D eigenvalue weighted by Gasteiger charge is -2.46.